The topological polar surface area (TPSA) is 108 Å². The number of hydrogen-bond donors (Lipinski definition) is 0. The van der Waals surface area contributed by atoms with E-state index < -0.39 is 4.92 Å². The third-order valence-electron chi connectivity index (χ3n) is 4.27. The first-order valence-electron chi connectivity index (χ1n) is 11.2. The number of non-ortho nitro benzene ring substituents is 1. The van der Waals surface area contributed by atoms with Crippen molar-refractivity contribution in [3.8, 4) is 11.5 Å². The lowest BCUT2D eigenvalue weighted by Gasteiger charge is -2.09. The van der Waals surface area contributed by atoms with E-state index in [1.54, 1.807) is 12.1 Å². The van der Waals surface area contributed by atoms with E-state index in [0.29, 0.717) is 85.0 Å². The lowest BCUT2D eigenvalue weighted by atomic mass is 10.3. The van der Waals surface area contributed by atoms with Crippen LogP contribution in [0.5, 0.6) is 11.5 Å². The molecule has 0 N–H and O–H groups in total. The van der Waals surface area contributed by atoms with E-state index in [1.165, 1.54) is 12.1 Å². The second-order valence-corrected chi connectivity index (χ2v) is 6.82. The zero-order chi connectivity index (χ0) is 24.1. The molecule has 0 aromatic heterocycles. The molecule has 0 heterocycles. The predicted octanol–water partition coefficient (Wildman–Crippen LogP) is 3.14. The van der Waals surface area contributed by atoms with Crippen LogP contribution in [-0.4, -0.2) is 84.2 Å². The number of para-hydroxylation sites is 1. The standard InChI is InChI=1S/C24H33NO9/c26-25(27)22-6-8-24(9-7-22)34-21-19-32-17-15-30-13-11-28-10-12-29-14-16-31-18-20-33-23-4-2-1-3-5-23/h1-9H,10-21H2. The van der Waals surface area contributed by atoms with Gasteiger partial charge in [-0.2, -0.15) is 0 Å². The van der Waals surface area contributed by atoms with Gasteiger partial charge in [-0.05, 0) is 24.3 Å². The van der Waals surface area contributed by atoms with Crippen molar-refractivity contribution >= 4 is 5.69 Å². The summed E-state index contributed by atoms with van der Waals surface area (Å²) in [5, 5.41) is 10.6. The van der Waals surface area contributed by atoms with Crippen LogP contribution in [0.4, 0.5) is 5.69 Å². The van der Waals surface area contributed by atoms with Crippen molar-refractivity contribution in [2.24, 2.45) is 0 Å². The molecular formula is C24H33NO9. The van der Waals surface area contributed by atoms with Crippen molar-refractivity contribution in [2.75, 3.05) is 79.3 Å². The average Bonchev–Trinajstić information content (AvgIpc) is 2.86. The highest BCUT2D eigenvalue weighted by Crippen LogP contribution is 2.17. The van der Waals surface area contributed by atoms with Gasteiger partial charge in [-0.3, -0.25) is 10.1 Å². The molecule has 0 radical (unpaired) electrons. The van der Waals surface area contributed by atoms with Gasteiger partial charge < -0.3 is 33.2 Å². The first kappa shape index (κ1) is 27.5. The Morgan fingerprint density at radius 3 is 1.24 bits per heavy atom. The van der Waals surface area contributed by atoms with Crippen molar-refractivity contribution < 1.29 is 38.1 Å². The second-order valence-electron chi connectivity index (χ2n) is 6.82. The zero-order valence-electron chi connectivity index (χ0n) is 19.3. The monoisotopic (exact) mass is 479 g/mol. The fraction of sp³-hybridized carbons (Fsp3) is 0.500. The van der Waals surface area contributed by atoms with Crippen LogP contribution in [0, 0.1) is 10.1 Å². The van der Waals surface area contributed by atoms with Crippen LogP contribution in [0.3, 0.4) is 0 Å². The van der Waals surface area contributed by atoms with Gasteiger partial charge >= 0.3 is 0 Å². The molecule has 0 aliphatic heterocycles. The van der Waals surface area contributed by atoms with Gasteiger partial charge in [0.2, 0.25) is 0 Å². The van der Waals surface area contributed by atoms with Crippen molar-refractivity contribution in [1.29, 1.82) is 0 Å². The van der Waals surface area contributed by atoms with Crippen LogP contribution in [0.25, 0.3) is 0 Å². The average molecular weight is 480 g/mol. The molecule has 0 unspecified atom stereocenters. The summed E-state index contributed by atoms with van der Waals surface area (Å²) in [6.45, 7) is 5.68. The number of rotatable bonds is 21. The Bertz CT molecular complexity index is 759. The Hall–Kier alpha value is -2.76. The highest BCUT2D eigenvalue weighted by atomic mass is 16.6. The molecule has 2 aromatic carbocycles. The van der Waals surface area contributed by atoms with Gasteiger partial charge in [0.05, 0.1) is 71.0 Å². The molecule has 0 saturated carbocycles. The molecule has 0 saturated heterocycles. The molecule has 0 spiro atoms. The van der Waals surface area contributed by atoms with Crippen LogP contribution in [0.1, 0.15) is 0 Å². The van der Waals surface area contributed by atoms with E-state index in [2.05, 4.69) is 0 Å². The van der Waals surface area contributed by atoms with Crippen molar-refractivity contribution in [3.05, 3.63) is 64.7 Å². The van der Waals surface area contributed by atoms with Gasteiger partial charge in [0.25, 0.3) is 5.69 Å². The maximum absolute atomic E-state index is 10.6. The minimum atomic E-state index is -0.450. The first-order chi connectivity index (χ1) is 16.8. The molecule has 34 heavy (non-hydrogen) atoms. The van der Waals surface area contributed by atoms with Gasteiger partial charge in [0, 0.05) is 12.1 Å². The maximum atomic E-state index is 10.6. The Morgan fingerprint density at radius 2 is 0.853 bits per heavy atom. The fourth-order valence-electron chi connectivity index (χ4n) is 2.60. The van der Waals surface area contributed by atoms with Crippen molar-refractivity contribution in [2.45, 2.75) is 0 Å². The van der Waals surface area contributed by atoms with Gasteiger partial charge in [-0.25, -0.2) is 0 Å². The maximum Gasteiger partial charge on any atom is 0.269 e. The molecule has 0 bridgehead atoms. The molecule has 0 amide bonds. The first-order valence-corrected chi connectivity index (χ1v) is 11.2. The number of ether oxygens (including phenoxy) is 7. The van der Waals surface area contributed by atoms with Crippen LogP contribution in [-0.2, 0) is 23.7 Å². The highest BCUT2D eigenvalue weighted by molar-refractivity contribution is 5.35. The Balaban J connectivity index is 1.25. The van der Waals surface area contributed by atoms with E-state index in [0.717, 1.165) is 5.75 Å². The van der Waals surface area contributed by atoms with Gasteiger partial charge in [0.15, 0.2) is 0 Å². The van der Waals surface area contributed by atoms with E-state index in [9.17, 15) is 10.1 Å². The number of hydrogen-bond acceptors (Lipinski definition) is 9. The fourth-order valence-corrected chi connectivity index (χ4v) is 2.60. The Morgan fingerprint density at radius 1 is 0.500 bits per heavy atom. The van der Waals surface area contributed by atoms with Gasteiger partial charge in [0.1, 0.15) is 24.7 Å². The summed E-state index contributed by atoms with van der Waals surface area (Å²) in [4.78, 5) is 10.1. The minimum absolute atomic E-state index is 0.0310. The SMILES string of the molecule is O=[N+]([O-])c1ccc(OCCOCCOCCOCCOCCOCCOc2ccccc2)cc1. The van der Waals surface area contributed by atoms with Crippen LogP contribution in [0.15, 0.2) is 54.6 Å². The number of nitrogens with zero attached hydrogens (tertiary/aromatic N) is 1. The van der Waals surface area contributed by atoms with E-state index in [1.807, 2.05) is 30.3 Å². The second kappa shape index (κ2) is 18.6. The number of nitro benzene ring substituents is 1. The lowest BCUT2D eigenvalue weighted by Crippen LogP contribution is -2.15. The highest BCUT2D eigenvalue weighted by Gasteiger charge is 2.04. The molecule has 2 rings (SSSR count). The molecule has 10 heteroatoms. The van der Waals surface area contributed by atoms with Crippen molar-refractivity contribution in [1.82, 2.24) is 0 Å². The number of benzene rings is 2. The summed E-state index contributed by atoms with van der Waals surface area (Å²) in [5.74, 6) is 1.40. The quantitative estimate of drug-likeness (QED) is 0.152. The molecular weight excluding hydrogens is 446 g/mol. The summed E-state index contributed by atoms with van der Waals surface area (Å²) >= 11 is 0. The lowest BCUT2D eigenvalue weighted by molar-refractivity contribution is -0.384. The summed E-state index contributed by atoms with van der Waals surface area (Å²) in [6, 6.07) is 15.5. The van der Waals surface area contributed by atoms with Gasteiger partial charge in [-0.1, -0.05) is 18.2 Å². The third-order valence-corrected chi connectivity index (χ3v) is 4.27. The molecule has 188 valence electrons. The summed E-state index contributed by atoms with van der Waals surface area (Å²) in [7, 11) is 0. The molecule has 2 aromatic rings. The molecule has 10 nitrogen and oxygen atoms in total. The minimum Gasteiger partial charge on any atom is -0.491 e. The predicted molar refractivity (Wildman–Crippen MR) is 125 cm³/mol. The Kier molecular flexibility index (Phi) is 15.1. The Labute approximate surface area is 199 Å². The smallest absolute Gasteiger partial charge is 0.269 e. The number of nitro groups is 1. The molecule has 0 aliphatic carbocycles. The third kappa shape index (κ3) is 13.7. The van der Waals surface area contributed by atoms with E-state index in [-0.39, 0.29) is 5.69 Å². The van der Waals surface area contributed by atoms with E-state index in [4.69, 9.17) is 33.2 Å². The van der Waals surface area contributed by atoms with Crippen LogP contribution in [0.2, 0.25) is 0 Å². The molecule has 0 atom stereocenters. The zero-order valence-corrected chi connectivity index (χ0v) is 19.3. The largest absolute Gasteiger partial charge is 0.491 e. The van der Waals surface area contributed by atoms with Crippen molar-refractivity contribution in [3.63, 3.8) is 0 Å². The summed E-state index contributed by atoms with van der Waals surface area (Å²) in [6.07, 6.45) is 0. The molecule has 0 aliphatic rings. The normalized spacial score (nSPS) is 10.8. The summed E-state index contributed by atoms with van der Waals surface area (Å²) < 4.78 is 38.1. The summed E-state index contributed by atoms with van der Waals surface area (Å²) in [5.41, 5.74) is 0.0310. The van der Waals surface area contributed by atoms with Crippen LogP contribution >= 0.6 is 0 Å². The van der Waals surface area contributed by atoms with E-state index >= 15 is 0 Å². The van der Waals surface area contributed by atoms with Gasteiger partial charge in [-0.15, -0.1) is 0 Å². The van der Waals surface area contributed by atoms with Crippen LogP contribution < -0.4 is 9.47 Å². The molecule has 0 fully saturated rings.